The molecule has 140 valence electrons. The average Bonchev–Trinajstić information content (AvgIpc) is 3.37. The van der Waals surface area contributed by atoms with Gasteiger partial charge in [-0.15, -0.1) is 21.5 Å². The maximum Gasteiger partial charge on any atom is 0.259 e. The molecule has 1 amide bonds. The molecular formula is C17H13FN8OS. The number of carbonyl (C=O) groups excluding carboxylic acids is 1. The molecule has 0 N–H and O–H groups in total. The van der Waals surface area contributed by atoms with Crippen molar-refractivity contribution in [1.29, 1.82) is 0 Å². The van der Waals surface area contributed by atoms with Crippen LogP contribution in [0.5, 0.6) is 0 Å². The highest BCUT2D eigenvalue weighted by molar-refractivity contribution is 7.14. The summed E-state index contributed by atoms with van der Waals surface area (Å²) in [7, 11) is 3.28. The van der Waals surface area contributed by atoms with Crippen LogP contribution in [-0.2, 0) is 7.05 Å². The van der Waals surface area contributed by atoms with Crippen LogP contribution in [0.1, 0.15) is 10.4 Å². The van der Waals surface area contributed by atoms with Gasteiger partial charge in [0.2, 0.25) is 5.82 Å². The fourth-order valence-electron chi connectivity index (χ4n) is 2.42. The van der Waals surface area contributed by atoms with Crippen LogP contribution in [0.15, 0.2) is 42.0 Å². The molecule has 0 radical (unpaired) electrons. The largest absolute Gasteiger partial charge is 0.287 e. The number of nitrogens with zero attached hydrogens (tertiary/aromatic N) is 8. The monoisotopic (exact) mass is 396 g/mol. The zero-order valence-corrected chi connectivity index (χ0v) is 15.6. The highest BCUT2D eigenvalue weighted by Gasteiger charge is 2.18. The first-order valence-corrected chi connectivity index (χ1v) is 8.95. The highest BCUT2D eigenvalue weighted by atomic mass is 32.1. The molecule has 0 aliphatic carbocycles. The van der Waals surface area contributed by atoms with E-state index in [0.717, 1.165) is 0 Å². The van der Waals surface area contributed by atoms with Crippen molar-refractivity contribution in [3.8, 4) is 22.9 Å². The molecule has 0 aliphatic rings. The summed E-state index contributed by atoms with van der Waals surface area (Å²) in [5.41, 5.74) is 2.05. The van der Waals surface area contributed by atoms with E-state index >= 15 is 0 Å². The number of amides is 1. The van der Waals surface area contributed by atoms with Gasteiger partial charge in [0, 0.05) is 18.0 Å². The summed E-state index contributed by atoms with van der Waals surface area (Å²) < 4.78 is 13.1. The van der Waals surface area contributed by atoms with E-state index in [0.29, 0.717) is 33.6 Å². The van der Waals surface area contributed by atoms with E-state index in [1.54, 1.807) is 25.5 Å². The molecule has 28 heavy (non-hydrogen) atoms. The molecule has 0 saturated carbocycles. The maximum absolute atomic E-state index is 13.1. The minimum atomic E-state index is -0.395. The Bertz CT molecular complexity index is 1140. The number of halogens is 1. The Morgan fingerprint density at radius 1 is 1.14 bits per heavy atom. The van der Waals surface area contributed by atoms with Gasteiger partial charge in [-0.2, -0.15) is 4.80 Å². The molecule has 0 unspecified atom stereocenters. The summed E-state index contributed by atoms with van der Waals surface area (Å²) >= 11 is 1.30. The Kier molecular flexibility index (Phi) is 4.57. The molecule has 0 fully saturated rings. The predicted molar refractivity (Wildman–Crippen MR) is 100 cm³/mol. The number of aromatic nitrogens is 7. The van der Waals surface area contributed by atoms with Crippen molar-refractivity contribution < 1.29 is 9.18 Å². The second-order valence-corrected chi connectivity index (χ2v) is 6.61. The van der Waals surface area contributed by atoms with Crippen LogP contribution in [0.2, 0.25) is 0 Å². The molecule has 0 atom stereocenters. The second kappa shape index (κ2) is 7.19. The number of benzene rings is 1. The van der Waals surface area contributed by atoms with E-state index in [9.17, 15) is 9.18 Å². The average molecular weight is 396 g/mol. The number of thiazole rings is 1. The zero-order valence-electron chi connectivity index (χ0n) is 14.8. The first-order chi connectivity index (χ1) is 13.5. The molecule has 4 rings (SSSR count). The number of rotatable bonds is 4. The SMILES string of the molecule is CN(C(=O)c1ccc(F)cc1)c1nc(-c2cc(-c3nnn(C)n3)ncn2)cs1. The van der Waals surface area contributed by atoms with Crippen molar-refractivity contribution >= 4 is 22.4 Å². The van der Waals surface area contributed by atoms with E-state index < -0.39 is 5.82 Å². The third kappa shape index (κ3) is 3.47. The summed E-state index contributed by atoms with van der Waals surface area (Å²) in [4.78, 5) is 28.2. The quantitative estimate of drug-likeness (QED) is 0.521. The number of aryl methyl sites for hydroxylation is 1. The smallest absolute Gasteiger partial charge is 0.259 e. The maximum atomic E-state index is 13.1. The van der Waals surface area contributed by atoms with Crippen LogP contribution in [-0.4, -0.2) is 48.1 Å². The van der Waals surface area contributed by atoms with Crippen molar-refractivity contribution in [3.05, 3.63) is 53.4 Å². The van der Waals surface area contributed by atoms with Gasteiger partial charge in [-0.05, 0) is 35.5 Å². The lowest BCUT2D eigenvalue weighted by atomic mass is 10.2. The van der Waals surface area contributed by atoms with Gasteiger partial charge in [0.25, 0.3) is 5.91 Å². The van der Waals surface area contributed by atoms with Crippen molar-refractivity contribution in [2.45, 2.75) is 0 Å². The summed E-state index contributed by atoms with van der Waals surface area (Å²) in [6, 6.07) is 7.08. The van der Waals surface area contributed by atoms with Gasteiger partial charge in [-0.1, -0.05) is 0 Å². The minimum absolute atomic E-state index is 0.284. The Balaban J connectivity index is 1.59. The lowest BCUT2D eigenvalue weighted by Crippen LogP contribution is -2.26. The lowest BCUT2D eigenvalue weighted by molar-refractivity contribution is 0.0993. The molecule has 9 nitrogen and oxygen atoms in total. The molecule has 0 saturated heterocycles. The van der Waals surface area contributed by atoms with E-state index in [1.165, 1.54) is 51.6 Å². The number of hydrogen-bond donors (Lipinski definition) is 0. The van der Waals surface area contributed by atoms with E-state index in [2.05, 4.69) is 30.4 Å². The van der Waals surface area contributed by atoms with Gasteiger partial charge in [0.1, 0.15) is 23.5 Å². The summed E-state index contributed by atoms with van der Waals surface area (Å²) in [5.74, 6) is -0.300. The number of tetrazole rings is 1. The summed E-state index contributed by atoms with van der Waals surface area (Å²) in [6.07, 6.45) is 1.40. The lowest BCUT2D eigenvalue weighted by Gasteiger charge is -2.13. The number of anilines is 1. The van der Waals surface area contributed by atoms with Crippen molar-refractivity contribution in [2.75, 3.05) is 11.9 Å². The van der Waals surface area contributed by atoms with Gasteiger partial charge < -0.3 is 0 Å². The molecule has 1 aromatic carbocycles. The van der Waals surface area contributed by atoms with Gasteiger partial charge in [0.05, 0.1) is 12.7 Å². The first-order valence-electron chi connectivity index (χ1n) is 8.07. The van der Waals surface area contributed by atoms with E-state index in [-0.39, 0.29) is 5.91 Å². The van der Waals surface area contributed by atoms with Gasteiger partial charge in [-0.3, -0.25) is 9.69 Å². The van der Waals surface area contributed by atoms with E-state index in [4.69, 9.17) is 0 Å². The topological polar surface area (TPSA) is 103 Å². The third-order valence-corrected chi connectivity index (χ3v) is 4.76. The highest BCUT2D eigenvalue weighted by Crippen LogP contribution is 2.27. The summed E-state index contributed by atoms with van der Waals surface area (Å²) in [6.45, 7) is 0. The van der Waals surface area contributed by atoms with Gasteiger partial charge in [0.15, 0.2) is 5.13 Å². The van der Waals surface area contributed by atoms with Crippen LogP contribution in [0.4, 0.5) is 9.52 Å². The Morgan fingerprint density at radius 3 is 2.61 bits per heavy atom. The molecule has 0 bridgehead atoms. The normalized spacial score (nSPS) is 10.8. The molecule has 3 heterocycles. The molecule has 0 spiro atoms. The third-order valence-electron chi connectivity index (χ3n) is 3.84. The standard InChI is InChI=1S/C17H13FN8OS/c1-25(16(27)10-3-5-11(18)6-4-10)17-21-14(8-28-17)12-7-13(20-9-19-12)15-22-24-26(2)23-15/h3-9H,1-2H3. The second-order valence-electron chi connectivity index (χ2n) is 5.78. The Morgan fingerprint density at radius 2 is 1.89 bits per heavy atom. The molecule has 4 aromatic rings. The first kappa shape index (κ1) is 17.8. The van der Waals surface area contributed by atoms with Crippen LogP contribution >= 0.6 is 11.3 Å². The van der Waals surface area contributed by atoms with Crippen molar-refractivity contribution in [2.24, 2.45) is 7.05 Å². The van der Waals surface area contributed by atoms with Crippen molar-refractivity contribution in [1.82, 2.24) is 35.2 Å². The van der Waals surface area contributed by atoms with Crippen LogP contribution in [0.3, 0.4) is 0 Å². The number of carbonyl (C=O) groups is 1. The van der Waals surface area contributed by atoms with Crippen LogP contribution in [0.25, 0.3) is 22.9 Å². The fraction of sp³-hybridized carbons (Fsp3) is 0.118. The minimum Gasteiger partial charge on any atom is -0.287 e. The van der Waals surface area contributed by atoms with Crippen LogP contribution in [0, 0.1) is 5.82 Å². The molecule has 11 heteroatoms. The van der Waals surface area contributed by atoms with Crippen LogP contribution < -0.4 is 4.90 Å². The van der Waals surface area contributed by atoms with E-state index in [1.807, 2.05) is 0 Å². The molecular weight excluding hydrogens is 383 g/mol. The number of hydrogen-bond acceptors (Lipinski definition) is 8. The van der Waals surface area contributed by atoms with Crippen molar-refractivity contribution in [3.63, 3.8) is 0 Å². The van der Waals surface area contributed by atoms with Gasteiger partial charge >= 0.3 is 0 Å². The molecule has 0 aliphatic heterocycles. The fourth-order valence-corrected chi connectivity index (χ4v) is 3.20. The zero-order chi connectivity index (χ0) is 19.7. The predicted octanol–water partition coefficient (Wildman–Crippen LogP) is 2.21. The molecule has 3 aromatic heterocycles. The Hall–Kier alpha value is -3.60. The summed E-state index contributed by atoms with van der Waals surface area (Å²) in [5, 5.41) is 14.1. The Labute approximate surface area is 162 Å². The van der Waals surface area contributed by atoms with Gasteiger partial charge in [-0.25, -0.2) is 19.3 Å².